The standard InChI is InChI=1S/C19H24FN5O/c1-15(18(26)23(2)14-16-5-3-6-17(20)13-16)24-9-11-25(12-10-24)19-21-7-4-8-22-19/h3-8,13,15H,9-12,14H2,1-2H3/p+1/t15-/m1/s1. The normalized spacial score (nSPS) is 16.3. The van der Waals surface area contributed by atoms with E-state index in [9.17, 15) is 9.18 Å². The Balaban J connectivity index is 1.54. The van der Waals surface area contributed by atoms with Gasteiger partial charge in [0.2, 0.25) is 5.95 Å². The summed E-state index contributed by atoms with van der Waals surface area (Å²) < 4.78 is 13.3. The molecule has 3 rings (SSSR count). The number of likely N-dealkylation sites (N-methyl/N-ethyl adjacent to an activating group) is 1. The Morgan fingerprint density at radius 3 is 2.62 bits per heavy atom. The minimum absolute atomic E-state index is 0.0775. The molecule has 1 amide bonds. The van der Waals surface area contributed by atoms with Crippen LogP contribution in [0.25, 0.3) is 0 Å². The molecule has 1 saturated heterocycles. The van der Waals surface area contributed by atoms with E-state index < -0.39 is 0 Å². The van der Waals surface area contributed by atoms with Gasteiger partial charge in [0.1, 0.15) is 5.82 Å². The van der Waals surface area contributed by atoms with Crippen LogP contribution >= 0.6 is 0 Å². The lowest BCUT2D eigenvalue weighted by Crippen LogP contribution is -3.19. The number of anilines is 1. The van der Waals surface area contributed by atoms with Crippen molar-refractivity contribution in [2.75, 3.05) is 38.1 Å². The first kappa shape index (κ1) is 18.3. The van der Waals surface area contributed by atoms with Crippen LogP contribution in [0.2, 0.25) is 0 Å². The highest BCUT2D eigenvalue weighted by atomic mass is 19.1. The highest BCUT2D eigenvalue weighted by Gasteiger charge is 2.31. The van der Waals surface area contributed by atoms with E-state index in [2.05, 4.69) is 14.9 Å². The van der Waals surface area contributed by atoms with E-state index in [4.69, 9.17) is 0 Å². The lowest BCUT2D eigenvalue weighted by molar-refractivity contribution is -0.915. The van der Waals surface area contributed by atoms with E-state index in [1.54, 1.807) is 36.5 Å². The molecule has 26 heavy (non-hydrogen) atoms. The maximum Gasteiger partial charge on any atom is 0.280 e. The number of quaternary nitrogens is 1. The van der Waals surface area contributed by atoms with Crippen LogP contribution in [0.5, 0.6) is 0 Å². The van der Waals surface area contributed by atoms with Crippen LogP contribution in [-0.2, 0) is 11.3 Å². The fraction of sp³-hybridized carbons (Fsp3) is 0.421. The zero-order valence-corrected chi connectivity index (χ0v) is 15.2. The number of hydrogen-bond acceptors (Lipinski definition) is 4. The number of aromatic nitrogens is 2. The number of piperazine rings is 1. The van der Waals surface area contributed by atoms with Gasteiger partial charge < -0.3 is 14.7 Å². The summed E-state index contributed by atoms with van der Waals surface area (Å²) in [5.74, 6) is 0.545. The molecular weight excluding hydrogens is 333 g/mol. The third-order valence-electron chi connectivity index (χ3n) is 4.91. The molecule has 138 valence electrons. The zero-order valence-electron chi connectivity index (χ0n) is 15.2. The Hall–Kier alpha value is -2.54. The van der Waals surface area contributed by atoms with Crippen LogP contribution in [-0.4, -0.2) is 60.0 Å². The van der Waals surface area contributed by atoms with Crippen molar-refractivity contribution in [1.82, 2.24) is 14.9 Å². The SMILES string of the molecule is C[C@H](C(=O)N(C)Cc1cccc(F)c1)[NH+]1CCN(c2ncccn2)CC1. The number of amides is 1. The number of benzene rings is 1. The van der Waals surface area contributed by atoms with Crippen molar-refractivity contribution in [2.45, 2.75) is 19.5 Å². The van der Waals surface area contributed by atoms with Crippen LogP contribution in [0.15, 0.2) is 42.7 Å². The highest BCUT2D eigenvalue weighted by molar-refractivity contribution is 5.79. The monoisotopic (exact) mass is 358 g/mol. The van der Waals surface area contributed by atoms with Crippen molar-refractivity contribution in [3.8, 4) is 0 Å². The number of nitrogens with zero attached hydrogens (tertiary/aromatic N) is 4. The summed E-state index contributed by atoms with van der Waals surface area (Å²) in [6.45, 7) is 5.75. The van der Waals surface area contributed by atoms with Crippen LogP contribution in [0.3, 0.4) is 0 Å². The van der Waals surface area contributed by atoms with Gasteiger partial charge in [-0.3, -0.25) is 4.79 Å². The summed E-state index contributed by atoms with van der Waals surface area (Å²) in [6.07, 6.45) is 3.49. The van der Waals surface area contributed by atoms with Gasteiger partial charge in [0.15, 0.2) is 6.04 Å². The molecule has 1 aliphatic rings. The first-order valence-corrected chi connectivity index (χ1v) is 8.90. The second-order valence-electron chi connectivity index (χ2n) is 6.74. The van der Waals surface area contributed by atoms with Crippen molar-refractivity contribution in [1.29, 1.82) is 0 Å². The minimum atomic E-state index is -0.277. The average molecular weight is 358 g/mol. The van der Waals surface area contributed by atoms with Gasteiger partial charge >= 0.3 is 0 Å². The zero-order chi connectivity index (χ0) is 18.5. The molecule has 7 heteroatoms. The van der Waals surface area contributed by atoms with E-state index >= 15 is 0 Å². The average Bonchev–Trinajstić information content (AvgIpc) is 2.67. The molecular formula is C19H25FN5O+. The number of carbonyl (C=O) groups is 1. The van der Waals surface area contributed by atoms with Gasteiger partial charge in [-0.2, -0.15) is 0 Å². The molecule has 2 aromatic rings. The van der Waals surface area contributed by atoms with Crippen molar-refractivity contribution in [2.24, 2.45) is 0 Å². The summed E-state index contributed by atoms with van der Waals surface area (Å²) in [7, 11) is 1.78. The Labute approximate surface area is 153 Å². The maximum atomic E-state index is 13.3. The molecule has 0 bridgehead atoms. The molecule has 1 atom stereocenters. The number of halogens is 1. The molecule has 0 aliphatic carbocycles. The smallest absolute Gasteiger partial charge is 0.280 e. The molecule has 1 aliphatic heterocycles. The fourth-order valence-electron chi connectivity index (χ4n) is 3.37. The van der Waals surface area contributed by atoms with Gasteiger partial charge in [0, 0.05) is 26.0 Å². The van der Waals surface area contributed by atoms with Gasteiger partial charge in [-0.15, -0.1) is 0 Å². The van der Waals surface area contributed by atoms with E-state index in [0.717, 1.165) is 37.7 Å². The molecule has 1 aromatic heterocycles. The number of rotatable bonds is 5. The van der Waals surface area contributed by atoms with Crippen LogP contribution in [0.1, 0.15) is 12.5 Å². The second kappa shape index (κ2) is 8.23. The van der Waals surface area contributed by atoms with E-state index in [0.29, 0.717) is 6.54 Å². The number of nitrogens with one attached hydrogen (secondary N) is 1. The third kappa shape index (κ3) is 4.35. The lowest BCUT2D eigenvalue weighted by atomic mass is 10.1. The minimum Gasteiger partial charge on any atom is -0.336 e. The summed E-state index contributed by atoms with van der Waals surface area (Å²) >= 11 is 0. The van der Waals surface area contributed by atoms with Crippen LogP contribution in [0.4, 0.5) is 10.3 Å². The third-order valence-corrected chi connectivity index (χ3v) is 4.91. The maximum absolute atomic E-state index is 13.3. The highest BCUT2D eigenvalue weighted by Crippen LogP contribution is 2.08. The van der Waals surface area contributed by atoms with Crippen LogP contribution in [0, 0.1) is 5.82 Å². The molecule has 0 radical (unpaired) electrons. The molecule has 1 aromatic carbocycles. The predicted molar refractivity (Wildman–Crippen MR) is 97.3 cm³/mol. The molecule has 0 saturated carbocycles. The van der Waals surface area contributed by atoms with Gasteiger partial charge in [-0.05, 0) is 30.7 Å². The second-order valence-corrected chi connectivity index (χ2v) is 6.74. The first-order chi connectivity index (χ1) is 12.5. The summed E-state index contributed by atoms with van der Waals surface area (Å²) in [6, 6.07) is 8.06. The molecule has 0 spiro atoms. The summed E-state index contributed by atoms with van der Waals surface area (Å²) in [4.78, 5) is 26.4. The topological polar surface area (TPSA) is 53.8 Å². The summed E-state index contributed by atoms with van der Waals surface area (Å²) in [5.41, 5.74) is 0.800. The van der Waals surface area contributed by atoms with Crippen molar-refractivity contribution in [3.63, 3.8) is 0 Å². The van der Waals surface area contributed by atoms with Crippen molar-refractivity contribution < 1.29 is 14.1 Å². The van der Waals surface area contributed by atoms with Crippen molar-refractivity contribution >= 4 is 11.9 Å². The van der Waals surface area contributed by atoms with Crippen LogP contribution < -0.4 is 9.80 Å². The Kier molecular flexibility index (Phi) is 5.78. The van der Waals surface area contributed by atoms with Gasteiger partial charge in [0.05, 0.1) is 26.2 Å². The summed E-state index contributed by atoms with van der Waals surface area (Å²) in [5, 5.41) is 0. The Morgan fingerprint density at radius 1 is 1.27 bits per heavy atom. The largest absolute Gasteiger partial charge is 0.336 e. The van der Waals surface area contributed by atoms with Gasteiger partial charge in [-0.1, -0.05) is 12.1 Å². The lowest BCUT2D eigenvalue weighted by Gasteiger charge is -2.35. The molecule has 2 heterocycles. The molecule has 1 fully saturated rings. The van der Waals surface area contributed by atoms with Crippen molar-refractivity contribution in [3.05, 3.63) is 54.1 Å². The Morgan fingerprint density at radius 2 is 1.96 bits per heavy atom. The number of hydrogen-bond donors (Lipinski definition) is 1. The predicted octanol–water partition coefficient (Wildman–Crippen LogP) is 0.368. The first-order valence-electron chi connectivity index (χ1n) is 8.90. The number of carbonyl (C=O) groups excluding carboxylic acids is 1. The molecule has 1 N–H and O–H groups in total. The van der Waals surface area contributed by atoms with Gasteiger partial charge in [-0.25, -0.2) is 14.4 Å². The van der Waals surface area contributed by atoms with Gasteiger partial charge in [0.25, 0.3) is 5.91 Å². The van der Waals surface area contributed by atoms with E-state index in [1.165, 1.54) is 17.0 Å². The molecule has 0 unspecified atom stereocenters. The van der Waals surface area contributed by atoms with E-state index in [1.807, 2.05) is 13.0 Å². The molecule has 6 nitrogen and oxygen atoms in total. The fourth-order valence-corrected chi connectivity index (χ4v) is 3.37. The Bertz CT molecular complexity index is 734. The van der Waals surface area contributed by atoms with E-state index in [-0.39, 0.29) is 17.8 Å². The quantitative estimate of drug-likeness (QED) is 0.839.